The number of nitrogens with zero attached hydrogens (tertiary/aromatic N) is 2. The molecule has 0 spiro atoms. The highest BCUT2D eigenvalue weighted by molar-refractivity contribution is 7.92. The molecule has 1 aromatic carbocycles. The van der Waals surface area contributed by atoms with Crippen LogP contribution in [0.5, 0.6) is 0 Å². The van der Waals surface area contributed by atoms with Gasteiger partial charge in [-0.15, -0.1) is 0 Å². The molecule has 1 heterocycles. The molecule has 7 nitrogen and oxygen atoms in total. The number of nitro benzene ring substituents is 1. The number of nitrogens with one attached hydrogen (secondary N) is 1. The molecule has 0 bridgehead atoms. The predicted molar refractivity (Wildman–Crippen MR) is 68.5 cm³/mol. The maximum atomic E-state index is 11.2. The number of hydrogen-bond acceptors (Lipinski definition) is 5. The van der Waals surface area contributed by atoms with Crippen molar-refractivity contribution in [3.05, 3.63) is 27.8 Å². The van der Waals surface area contributed by atoms with Crippen molar-refractivity contribution in [3.63, 3.8) is 0 Å². The number of benzene rings is 1. The molecule has 8 heteroatoms. The monoisotopic (exact) mass is 271 g/mol. The van der Waals surface area contributed by atoms with E-state index in [1.165, 1.54) is 12.1 Å². The van der Waals surface area contributed by atoms with Crippen LogP contribution >= 0.6 is 0 Å². The zero-order valence-corrected chi connectivity index (χ0v) is 10.8. The van der Waals surface area contributed by atoms with Gasteiger partial charge in [-0.3, -0.25) is 14.8 Å². The average Bonchev–Trinajstić information content (AvgIpc) is 2.56. The van der Waals surface area contributed by atoms with E-state index in [0.717, 1.165) is 30.5 Å². The van der Waals surface area contributed by atoms with Crippen LogP contribution in [0.3, 0.4) is 0 Å². The Morgan fingerprint density at radius 2 is 2.11 bits per heavy atom. The highest BCUT2D eigenvalue weighted by atomic mass is 32.2. The maximum Gasteiger partial charge on any atom is 0.295 e. The Kier molecular flexibility index (Phi) is 2.89. The molecule has 1 aliphatic heterocycles. The zero-order chi connectivity index (χ0) is 13.5. The Bertz CT molecular complexity index is 612. The lowest BCUT2D eigenvalue weighted by Gasteiger charge is -2.13. The molecule has 0 radical (unpaired) electrons. The lowest BCUT2D eigenvalue weighted by atomic mass is 10.1. The van der Waals surface area contributed by atoms with Gasteiger partial charge in [0.1, 0.15) is 5.69 Å². The van der Waals surface area contributed by atoms with E-state index in [2.05, 4.69) is 4.72 Å². The molecule has 0 aliphatic carbocycles. The van der Waals surface area contributed by atoms with E-state index in [-0.39, 0.29) is 11.4 Å². The summed E-state index contributed by atoms with van der Waals surface area (Å²) in [5.41, 5.74) is 1.49. The SMILES string of the molecule is CN1CCc2cc(NS(C)(=O)=O)c([N+](=O)[O-])cc21. The summed E-state index contributed by atoms with van der Waals surface area (Å²) in [7, 11) is -1.69. The fourth-order valence-electron chi connectivity index (χ4n) is 2.02. The summed E-state index contributed by atoms with van der Waals surface area (Å²) in [6.45, 7) is 0.773. The van der Waals surface area contributed by atoms with E-state index < -0.39 is 14.9 Å². The Labute approximate surface area is 105 Å². The third-order valence-electron chi connectivity index (χ3n) is 2.82. The van der Waals surface area contributed by atoms with Crippen LogP contribution in [0, 0.1) is 10.1 Å². The van der Waals surface area contributed by atoms with E-state index in [1.807, 2.05) is 11.9 Å². The molecule has 0 aromatic heterocycles. The number of hydrogen-bond donors (Lipinski definition) is 1. The molecule has 0 atom stereocenters. The summed E-state index contributed by atoms with van der Waals surface area (Å²) in [5, 5.41) is 11.0. The molecule has 1 aromatic rings. The lowest BCUT2D eigenvalue weighted by Crippen LogP contribution is -2.13. The normalized spacial score (nSPS) is 14.4. The van der Waals surface area contributed by atoms with Crippen molar-refractivity contribution in [1.29, 1.82) is 0 Å². The fraction of sp³-hybridized carbons (Fsp3) is 0.400. The van der Waals surface area contributed by atoms with Gasteiger partial charge in [-0.1, -0.05) is 0 Å². The van der Waals surface area contributed by atoms with Crippen LogP contribution in [0.1, 0.15) is 5.56 Å². The first-order chi connectivity index (χ1) is 8.28. The van der Waals surface area contributed by atoms with Crippen molar-refractivity contribution in [1.82, 2.24) is 0 Å². The molecule has 18 heavy (non-hydrogen) atoms. The first-order valence-corrected chi connectivity index (χ1v) is 7.17. The largest absolute Gasteiger partial charge is 0.374 e. The Hall–Kier alpha value is -1.83. The molecule has 1 aliphatic rings. The molecule has 2 rings (SSSR count). The van der Waals surface area contributed by atoms with E-state index in [9.17, 15) is 18.5 Å². The fourth-order valence-corrected chi connectivity index (χ4v) is 2.58. The van der Waals surface area contributed by atoms with Crippen LogP contribution in [0.4, 0.5) is 17.1 Å². The molecule has 0 saturated carbocycles. The molecule has 0 fully saturated rings. The summed E-state index contributed by atoms with van der Waals surface area (Å²) in [4.78, 5) is 12.3. The third-order valence-corrected chi connectivity index (χ3v) is 3.41. The minimum absolute atomic E-state index is 0.0246. The van der Waals surface area contributed by atoms with Gasteiger partial charge in [0.25, 0.3) is 5.69 Å². The van der Waals surface area contributed by atoms with Crippen molar-refractivity contribution in [2.45, 2.75) is 6.42 Å². The summed E-state index contributed by atoms with van der Waals surface area (Å²) in [6.07, 6.45) is 1.72. The number of sulfonamides is 1. The molecule has 0 amide bonds. The van der Waals surface area contributed by atoms with Crippen LogP contribution < -0.4 is 9.62 Å². The Morgan fingerprint density at radius 1 is 1.44 bits per heavy atom. The number of nitro groups is 1. The van der Waals surface area contributed by atoms with Crippen molar-refractivity contribution < 1.29 is 13.3 Å². The second-order valence-corrected chi connectivity index (χ2v) is 6.05. The Morgan fingerprint density at radius 3 is 2.67 bits per heavy atom. The van der Waals surface area contributed by atoms with Gasteiger partial charge >= 0.3 is 0 Å². The van der Waals surface area contributed by atoms with Gasteiger partial charge in [-0.05, 0) is 18.1 Å². The predicted octanol–water partition coefficient (Wildman–Crippen LogP) is 0.959. The van der Waals surface area contributed by atoms with Crippen LogP contribution in [0.25, 0.3) is 0 Å². The average molecular weight is 271 g/mol. The molecular formula is C10H13N3O4S. The van der Waals surface area contributed by atoms with Gasteiger partial charge in [0, 0.05) is 25.3 Å². The number of rotatable bonds is 3. The summed E-state index contributed by atoms with van der Waals surface area (Å²) in [5.74, 6) is 0. The second kappa shape index (κ2) is 4.13. The summed E-state index contributed by atoms with van der Waals surface area (Å²) in [6, 6.07) is 2.95. The Balaban J connectivity index is 2.55. The number of anilines is 2. The van der Waals surface area contributed by atoms with Crippen molar-refractivity contribution in [2.75, 3.05) is 29.5 Å². The van der Waals surface area contributed by atoms with Gasteiger partial charge in [0.05, 0.1) is 11.2 Å². The molecule has 1 N–H and O–H groups in total. The van der Waals surface area contributed by atoms with Crippen molar-refractivity contribution in [3.8, 4) is 0 Å². The van der Waals surface area contributed by atoms with E-state index >= 15 is 0 Å². The highest BCUT2D eigenvalue weighted by Crippen LogP contribution is 2.36. The molecule has 98 valence electrons. The van der Waals surface area contributed by atoms with Crippen LogP contribution in [0.15, 0.2) is 12.1 Å². The first-order valence-electron chi connectivity index (χ1n) is 5.28. The van der Waals surface area contributed by atoms with Gasteiger partial charge in [0.2, 0.25) is 10.0 Å². The molecule has 0 saturated heterocycles. The highest BCUT2D eigenvalue weighted by Gasteiger charge is 2.24. The first kappa shape index (κ1) is 12.6. The standard InChI is InChI=1S/C10H13N3O4S/c1-12-4-3-7-5-8(11-18(2,16)17)10(13(14)15)6-9(7)12/h5-6,11H,3-4H2,1-2H3. The van der Waals surface area contributed by atoms with Gasteiger partial charge < -0.3 is 4.90 Å². The topological polar surface area (TPSA) is 92.6 Å². The zero-order valence-electron chi connectivity index (χ0n) is 10.0. The molecular weight excluding hydrogens is 258 g/mol. The minimum Gasteiger partial charge on any atom is -0.374 e. The summed E-state index contributed by atoms with van der Waals surface area (Å²) >= 11 is 0. The lowest BCUT2D eigenvalue weighted by molar-refractivity contribution is -0.383. The van der Waals surface area contributed by atoms with E-state index in [4.69, 9.17) is 0 Å². The van der Waals surface area contributed by atoms with Crippen molar-refractivity contribution in [2.24, 2.45) is 0 Å². The van der Waals surface area contributed by atoms with Crippen LogP contribution in [0.2, 0.25) is 0 Å². The van der Waals surface area contributed by atoms with E-state index in [0.29, 0.717) is 0 Å². The quantitative estimate of drug-likeness (QED) is 0.653. The maximum absolute atomic E-state index is 11.2. The third kappa shape index (κ3) is 2.37. The summed E-state index contributed by atoms with van der Waals surface area (Å²) < 4.78 is 24.6. The van der Waals surface area contributed by atoms with Gasteiger partial charge in [0.15, 0.2) is 0 Å². The molecule has 0 unspecified atom stereocenters. The van der Waals surface area contributed by atoms with E-state index in [1.54, 1.807) is 0 Å². The smallest absolute Gasteiger partial charge is 0.295 e. The number of likely N-dealkylation sites (N-methyl/N-ethyl adjacent to an activating group) is 1. The minimum atomic E-state index is -3.53. The second-order valence-electron chi connectivity index (χ2n) is 4.30. The number of fused-ring (bicyclic) bond motifs is 1. The van der Waals surface area contributed by atoms with Crippen LogP contribution in [-0.2, 0) is 16.4 Å². The van der Waals surface area contributed by atoms with Gasteiger partial charge in [-0.2, -0.15) is 0 Å². The van der Waals surface area contributed by atoms with Crippen molar-refractivity contribution >= 4 is 27.1 Å². The van der Waals surface area contributed by atoms with Crippen LogP contribution in [-0.4, -0.2) is 33.2 Å². The van der Waals surface area contributed by atoms with Gasteiger partial charge in [-0.25, -0.2) is 8.42 Å².